The van der Waals surface area contributed by atoms with E-state index in [4.69, 9.17) is 12.2 Å². The number of rotatable bonds is 2. The van der Waals surface area contributed by atoms with Crippen molar-refractivity contribution in [1.82, 2.24) is 14.9 Å². The topological polar surface area (TPSA) is 44.0 Å². The highest BCUT2D eigenvalue weighted by atomic mass is 32.1. The molecule has 0 spiro atoms. The molecule has 0 amide bonds. The molecule has 2 aromatic heterocycles. The average molecular weight is 280 g/mol. The molecule has 0 radical (unpaired) electrons. The minimum absolute atomic E-state index is 0.561. The Morgan fingerprint density at radius 3 is 3.17 bits per heavy atom. The maximum absolute atomic E-state index is 5.19. The zero-order chi connectivity index (χ0) is 12.7. The first-order valence-electron chi connectivity index (χ1n) is 6.16. The van der Waals surface area contributed by atoms with E-state index in [2.05, 4.69) is 34.2 Å². The predicted octanol–water partition coefficient (Wildman–Crippen LogP) is 2.77. The third-order valence-corrected chi connectivity index (χ3v) is 4.57. The van der Waals surface area contributed by atoms with E-state index in [0.29, 0.717) is 4.77 Å². The highest BCUT2D eigenvalue weighted by Gasteiger charge is 2.21. The van der Waals surface area contributed by atoms with Crippen molar-refractivity contribution in [1.29, 1.82) is 0 Å². The second-order valence-electron chi connectivity index (χ2n) is 4.62. The van der Waals surface area contributed by atoms with Crippen LogP contribution in [0.2, 0.25) is 0 Å². The molecule has 96 valence electrons. The molecule has 0 atom stereocenters. The lowest BCUT2D eigenvalue weighted by Gasteiger charge is -2.22. The van der Waals surface area contributed by atoms with Crippen molar-refractivity contribution in [3.05, 3.63) is 15.2 Å². The number of fused-ring (bicyclic) bond motifs is 3. The second-order valence-corrected chi connectivity index (χ2v) is 6.09. The maximum Gasteiger partial charge on any atom is 0.199 e. The summed E-state index contributed by atoms with van der Waals surface area (Å²) in [4.78, 5) is 12.5. The van der Waals surface area contributed by atoms with Crippen molar-refractivity contribution in [2.75, 3.05) is 25.5 Å². The van der Waals surface area contributed by atoms with E-state index in [1.165, 1.54) is 15.8 Å². The van der Waals surface area contributed by atoms with Gasteiger partial charge in [0.25, 0.3) is 0 Å². The van der Waals surface area contributed by atoms with E-state index in [1.54, 1.807) is 11.3 Å². The molecule has 2 N–H and O–H groups in total. The molecule has 4 nitrogen and oxygen atoms in total. The van der Waals surface area contributed by atoms with Crippen LogP contribution in [0.25, 0.3) is 10.2 Å². The molecule has 1 aliphatic rings. The molecule has 1 aliphatic heterocycles. The van der Waals surface area contributed by atoms with Gasteiger partial charge >= 0.3 is 0 Å². The highest BCUT2D eigenvalue weighted by molar-refractivity contribution is 7.71. The molecule has 0 fully saturated rings. The van der Waals surface area contributed by atoms with Gasteiger partial charge in [0.2, 0.25) is 0 Å². The number of thiophene rings is 1. The molecule has 0 saturated carbocycles. The summed E-state index contributed by atoms with van der Waals surface area (Å²) in [6.07, 6.45) is 1.09. The minimum atomic E-state index is 0.561. The summed E-state index contributed by atoms with van der Waals surface area (Å²) in [6.45, 7) is 5.11. The van der Waals surface area contributed by atoms with Crippen LogP contribution in [0.15, 0.2) is 0 Å². The minimum Gasteiger partial charge on any atom is -0.371 e. The molecular formula is C12H16N4S2. The summed E-state index contributed by atoms with van der Waals surface area (Å²) in [5.74, 6) is 1.04. The van der Waals surface area contributed by atoms with Crippen LogP contribution in [0.1, 0.15) is 17.4 Å². The summed E-state index contributed by atoms with van der Waals surface area (Å²) >= 11 is 6.97. The van der Waals surface area contributed by atoms with Crippen LogP contribution >= 0.6 is 23.6 Å². The van der Waals surface area contributed by atoms with Gasteiger partial charge in [-0.3, -0.25) is 0 Å². The Balaban J connectivity index is 2.25. The smallest absolute Gasteiger partial charge is 0.199 e. The Morgan fingerprint density at radius 1 is 1.56 bits per heavy atom. The number of hydrogen-bond acceptors (Lipinski definition) is 5. The standard InChI is InChI=1S/C12H16N4S2/c1-3-13-10-9-7-4-5-16(2)6-8(7)18-11(9)15-12(17)14-10/h3-6H2,1-2H3,(H2,13,14,15,17). The van der Waals surface area contributed by atoms with E-state index in [9.17, 15) is 0 Å². The van der Waals surface area contributed by atoms with Gasteiger partial charge < -0.3 is 15.2 Å². The van der Waals surface area contributed by atoms with Crippen LogP contribution < -0.4 is 5.32 Å². The molecule has 0 aromatic carbocycles. The molecular weight excluding hydrogens is 264 g/mol. The van der Waals surface area contributed by atoms with Crippen LogP contribution in [0.3, 0.4) is 0 Å². The predicted molar refractivity (Wildman–Crippen MR) is 79.0 cm³/mol. The van der Waals surface area contributed by atoms with Crippen molar-refractivity contribution in [2.24, 2.45) is 0 Å². The SMILES string of the molecule is CCNc1[nH]c(=S)nc2sc3c(c12)CCN(C)C3. The van der Waals surface area contributed by atoms with Gasteiger partial charge in [0, 0.05) is 24.5 Å². The van der Waals surface area contributed by atoms with Crippen LogP contribution in [0, 0.1) is 4.77 Å². The number of anilines is 1. The third kappa shape index (κ3) is 1.94. The van der Waals surface area contributed by atoms with Crippen molar-refractivity contribution < 1.29 is 0 Å². The molecule has 0 bridgehead atoms. The second kappa shape index (κ2) is 4.60. The van der Waals surface area contributed by atoms with Crippen LogP contribution in [-0.4, -0.2) is 35.0 Å². The fraction of sp³-hybridized carbons (Fsp3) is 0.500. The van der Waals surface area contributed by atoms with Gasteiger partial charge in [0.15, 0.2) is 4.77 Å². The zero-order valence-electron chi connectivity index (χ0n) is 10.5. The van der Waals surface area contributed by atoms with E-state index < -0.39 is 0 Å². The third-order valence-electron chi connectivity index (χ3n) is 3.27. The molecule has 2 aromatic rings. The lowest BCUT2D eigenvalue weighted by molar-refractivity contribution is 0.318. The van der Waals surface area contributed by atoms with E-state index in [0.717, 1.165) is 36.7 Å². The lowest BCUT2D eigenvalue weighted by atomic mass is 10.1. The van der Waals surface area contributed by atoms with Crippen molar-refractivity contribution in [3.8, 4) is 0 Å². The zero-order valence-corrected chi connectivity index (χ0v) is 12.2. The van der Waals surface area contributed by atoms with Gasteiger partial charge in [0.05, 0.1) is 5.39 Å². The molecule has 0 aliphatic carbocycles. The monoisotopic (exact) mass is 280 g/mol. The molecule has 3 rings (SSSR count). The fourth-order valence-electron chi connectivity index (χ4n) is 2.45. The largest absolute Gasteiger partial charge is 0.371 e. The molecule has 0 saturated heterocycles. The Hall–Kier alpha value is -0.980. The lowest BCUT2D eigenvalue weighted by Crippen LogP contribution is -2.25. The van der Waals surface area contributed by atoms with Crippen LogP contribution in [-0.2, 0) is 13.0 Å². The maximum atomic E-state index is 5.19. The van der Waals surface area contributed by atoms with Crippen molar-refractivity contribution in [3.63, 3.8) is 0 Å². The van der Waals surface area contributed by atoms with Crippen molar-refractivity contribution >= 4 is 39.6 Å². The van der Waals surface area contributed by atoms with Crippen LogP contribution in [0.5, 0.6) is 0 Å². The van der Waals surface area contributed by atoms with Gasteiger partial charge in [0.1, 0.15) is 10.6 Å². The number of nitrogens with zero attached hydrogens (tertiary/aromatic N) is 2. The van der Waals surface area contributed by atoms with E-state index in [-0.39, 0.29) is 0 Å². The molecule has 18 heavy (non-hydrogen) atoms. The summed E-state index contributed by atoms with van der Waals surface area (Å²) in [6, 6.07) is 0. The van der Waals surface area contributed by atoms with Gasteiger partial charge in [-0.25, -0.2) is 4.98 Å². The van der Waals surface area contributed by atoms with Gasteiger partial charge in [-0.15, -0.1) is 11.3 Å². The summed E-state index contributed by atoms with van der Waals surface area (Å²) in [5, 5.41) is 4.62. The Labute approximate surface area is 115 Å². The molecule has 6 heteroatoms. The van der Waals surface area contributed by atoms with Crippen molar-refractivity contribution in [2.45, 2.75) is 19.9 Å². The normalized spacial score (nSPS) is 15.9. The number of likely N-dealkylation sites (N-methyl/N-ethyl adjacent to an activating group) is 1. The Kier molecular flexibility index (Phi) is 3.09. The summed E-state index contributed by atoms with van der Waals surface area (Å²) in [7, 11) is 2.16. The molecule has 0 unspecified atom stereocenters. The van der Waals surface area contributed by atoms with E-state index >= 15 is 0 Å². The quantitative estimate of drug-likeness (QED) is 0.830. The average Bonchev–Trinajstić information content (AvgIpc) is 2.65. The number of nitrogens with one attached hydrogen (secondary N) is 2. The van der Waals surface area contributed by atoms with Crippen LogP contribution in [0.4, 0.5) is 5.82 Å². The Bertz CT molecular complexity index is 643. The number of H-pyrrole nitrogens is 1. The van der Waals surface area contributed by atoms with E-state index in [1.807, 2.05) is 0 Å². The Morgan fingerprint density at radius 2 is 2.39 bits per heavy atom. The highest BCUT2D eigenvalue weighted by Crippen LogP contribution is 2.36. The first-order chi connectivity index (χ1) is 8.69. The fourth-order valence-corrected chi connectivity index (χ4v) is 4.01. The van der Waals surface area contributed by atoms with Gasteiger partial charge in [-0.1, -0.05) is 0 Å². The first-order valence-corrected chi connectivity index (χ1v) is 7.38. The summed E-state index contributed by atoms with van der Waals surface area (Å²) in [5.41, 5.74) is 1.45. The molecule has 3 heterocycles. The number of aromatic nitrogens is 2. The van der Waals surface area contributed by atoms with Gasteiger partial charge in [-0.05, 0) is 38.2 Å². The number of aromatic amines is 1. The first kappa shape index (κ1) is 12.1. The summed E-state index contributed by atoms with van der Waals surface area (Å²) < 4.78 is 0.561. The van der Waals surface area contributed by atoms with Gasteiger partial charge in [-0.2, -0.15) is 0 Å². The number of hydrogen-bond donors (Lipinski definition) is 2.